The third kappa shape index (κ3) is 1.65. The van der Waals surface area contributed by atoms with E-state index in [0.29, 0.717) is 18.3 Å². The van der Waals surface area contributed by atoms with Crippen LogP contribution in [0.25, 0.3) is 0 Å². The van der Waals surface area contributed by atoms with Crippen LogP contribution in [-0.2, 0) is 9.47 Å². The summed E-state index contributed by atoms with van der Waals surface area (Å²) in [6, 6.07) is 0. The summed E-state index contributed by atoms with van der Waals surface area (Å²) in [5.41, 5.74) is -0.871. The van der Waals surface area contributed by atoms with Crippen LogP contribution in [0.1, 0.15) is 26.7 Å². The van der Waals surface area contributed by atoms with Crippen LogP contribution in [0.5, 0.6) is 0 Å². The van der Waals surface area contributed by atoms with Gasteiger partial charge in [0, 0.05) is 0 Å². The zero-order valence-electron chi connectivity index (χ0n) is 12.6. The molecule has 0 amide bonds. The lowest BCUT2D eigenvalue weighted by Gasteiger charge is -2.51. The topological polar surface area (TPSA) is 58.9 Å². The Bertz CT molecular complexity index is 499. The maximum atomic E-state index is 11.1. The first kappa shape index (κ1) is 13.9. The Morgan fingerprint density at radius 1 is 1.24 bits per heavy atom. The van der Waals surface area contributed by atoms with E-state index in [1.54, 1.807) is 6.08 Å². The number of hydrogen-bond acceptors (Lipinski definition) is 4. The minimum absolute atomic E-state index is 0.0590. The highest BCUT2D eigenvalue weighted by Gasteiger charge is 2.69. The first-order chi connectivity index (χ1) is 9.89. The van der Waals surface area contributed by atoms with E-state index < -0.39 is 29.7 Å². The van der Waals surface area contributed by atoms with Gasteiger partial charge in [-0.05, 0) is 50.4 Å². The Labute approximate surface area is 125 Å². The van der Waals surface area contributed by atoms with E-state index in [4.69, 9.17) is 9.47 Å². The molecule has 1 aliphatic heterocycles. The zero-order valence-corrected chi connectivity index (χ0v) is 12.6. The molecule has 1 heterocycles. The van der Waals surface area contributed by atoms with Gasteiger partial charge in [0.2, 0.25) is 0 Å². The molecule has 0 unspecified atom stereocenters. The van der Waals surface area contributed by atoms with E-state index in [2.05, 4.69) is 18.7 Å². The van der Waals surface area contributed by atoms with E-state index in [1.807, 2.05) is 13.8 Å². The molecule has 2 bridgehead atoms. The molecule has 0 aromatic heterocycles. The molecule has 1 saturated heterocycles. The standard InChI is InChI=1S/C17H24O4/c1-4-7-17-14(19)12-10-6-5-9(8-10)11(12)13(18)15(17)20-16(2,3)21-17/h4-6,9-15,18-19H,1,7-8H2,2-3H3/t9-,10+,11-,12+,13-,14+,15+,17-/m1/s1. The number of hydrogen-bond donors (Lipinski definition) is 2. The van der Waals surface area contributed by atoms with Crippen molar-refractivity contribution in [3.63, 3.8) is 0 Å². The Balaban J connectivity index is 1.79. The predicted molar refractivity (Wildman–Crippen MR) is 77.3 cm³/mol. The van der Waals surface area contributed by atoms with Crippen molar-refractivity contribution in [1.82, 2.24) is 0 Å². The summed E-state index contributed by atoms with van der Waals surface area (Å²) in [6.07, 6.45) is 5.96. The lowest BCUT2D eigenvalue weighted by Crippen LogP contribution is -2.66. The molecule has 0 radical (unpaired) electrons. The number of aliphatic hydroxyl groups excluding tert-OH is 2. The van der Waals surface area contributed by atoms with E-state index in [9.17, 15) is 10.2 Å². The third-order valence-electron chi connectivity index (χ3n) is 5.94. The predicted octanol–water partition coefficient (Wildman–Crippen LogP) is 1.63. The molecule has 3 fully saturated rings. The van der Waals surface area contributed by atoms with Gasteiger partial charge in [-0.2, -0.15) is 0 Å². The van der Waals surface area contributed by atoms with Crippen molar-refractivity contribution in [1.29, 1.82) is 0 Å². The van der Waals surface area contributed by atoms with E-state index >= 15 is 0 Å². The van der Waals surface area contributed by atoms with Crippen LogP contribution in [0.3, 0.4) is 0 Å². The lowest BCUT2D eigenvalue weighted by atomic mass is 9.62. The first-order valence-electron chi connectivity index (χ1n) is 7.93. The molecule has 0 aromatic carbocycles. The summed E-state index contributed by atoms with van der Waals surface area (Å²) in [6.45, 7) is 7.50. The van der Waals surface area contributed by atoms with Crippen molar-refractivity contribution in [2.45, 2.75) is 56.4 Å². The van der Waals surface area contributed by atoms with Gasteiger partial charge < -0.3 is 19.7 Å². The summed E-state index contributed by atoms with van der Waals surface area (Å²) in [4.78, 5) is 0. The van der Waals surface area contributed by atoms with Gasteiger partial charge in [0.25, 0.3) is 0 Å². The summed E-state index contributed by atoms with van der Waals surface area (Å²) >= 11 is 0. The molecule has 4 aliphatic rings. The van der Waals surface area contributed by atoms with Crippen LogP contribution in [-0.4, -0.2) is 39.9 Å². The Kier molecular flexibility index (Phi) is 2.79. The van der Waals surface area contributed by atoms with Crippen LogP contribution in [0.4, 0.5) is 0 Å². The summed E-state index contributed by atoms with van der Waals surface area (Å²) in [5, 5.41) is 22.0. The van der Waals surface area contributed by atoms with Gasteiger partial charge in [0.15, 0.2) is 5.79 Å². The van der Waals surface area contributed by atoms with Gasteiger partial charge in [-0.25, -0.2) is 0 Å². The fraction of sp³-hybridized carbons (Fsp3) is 0.765. The van der Waals surface area contributed by atoms with E-state index in [1.165, 1.54) is 0 Å². The van der Waals surface area contributed by atoms with Crippen LogP contribution in [0.2, 0.25) is 0 Å². The molecule has 4 rings (SSSR count). The highest BCUT2D eigenvalue weighted by Crippen LogP contribution is 2.60. The van der Waals surface area contributed by atoms with Gasteiger partial charge in [0.1, 0.15) is 11.7 Å². The smallest absolute Gasteiger partial charge is 0.164 e. The SMILES string of the molecule is C=CC[C@]12OC(C)(C)O[C@H]1[C@H](O)[C@H]1[C@H]([C@H]3C=C[C@@H]1C3)[C@@H]2O. The van der Waals surface area contributed by atoms with Crippen molar-refractivity contribution in [2.75, 3.05) is 0 Å². The summed E-state index contributed by atoms with van der Waals surface area (Å²) in [5.74, 6) is 0.0539. The van der Waals surface area contributed by atoms with E-state index in [-0.39, 0.29) is 11.8 Å². The normalized spacial score (nSPS) is 56.3. The van der Waals surface area contributed by atoms with Gasteiger partial charge in [0.05, 0.1) is 12.2 Å². The molecule has 3 aliphatic carbocycles. The number of rotatable bonds is 2. The van der Waals surface area contributed by atoms with Crippen molar-refractivity contribution in [2.24, 2.45) is 23.7 Å². The minimum Gasteiger partial charge on any atom is -0.390 e. The minimum atomic E-state index is -0.871. The van der Waals surface area contributed by atoms with Gasteiger partial charge >= 0.3 is 0 Å². The number of aliphatic hydroxyl groups is 2. The molecule has 0 aromatic rings. The molecule has 21 heavy (non-hydrogen) atoms. The highest BCUT2D eigenvalue weighted by molar-refractivity contribution is 5.24. The molecule has 116 valence electrons. The van der Waals surface area contributed by atoms with Crippen LogP contribution >= 0.6 is 0 Å². The molecule has 4 nitrogen and oxygen atoms in total. The second kappa shape index (κ2) is 4.19. The zero-order chi connectivity index (χ0) is 15.0. The molecular weight excluding hydrogens is 268 g/mol. The average Bonchev–Trinajstić information content (AvgIpc) is 3.07. The number of allylic oxidation sites excluding steroid dienone is 2. The maximum Gasteiger partial charge on any atom is 0.164 e. The molecule has 2 N–H and O–H groups in total. The first-order valence-corrected chi connectivity index (χ1v) is 7.93. The number of fused-ring (bicyclic) bond motifs is 6. The van der Waals surface area contributed by atoms with Gasteiger partial charge in [-0.1, -0.05) is 18.2 Å². The quantitative estimate of drug-likeness (QED) is 0.760. The second-order valence-electron chi connectivity index (χ2n) is 7.53. The molecule has 4 heteroatoms. The molecule has 0 spiro atoms. The van der Waals surface area contributed by atoms with Crippen molar-refractivity contribution in [3.8, 4) is 0 Å². The van der Waals surface area contributed by atoms with E-state index in [0.717, 1.165) is 6.42 Å². The maximum absolute atomic E-state index is 11.1. The van der Waals surface area contributed by atoms with Crippen molar-refractivity contribution >= 4 is 0 Å². The highest BCUT2D eigenvalue weighted by atomic mass is 16.8. The second-order valence-corrected chi connectivity index (χ2v) is 7.53. The Hall–Kier alpha value is -0.680. The monoisotopic (exact) mass is 292 g/mol. The Morgan fingerprint density at radius 2 is 1.90 bits per heavy atom. The number of ether oxygens (including phenoxy) is 2. The van der Waals surface area contributed by atoms with Crippen LogP contribution in [0.15, 0.2) is 24.8 Å². The van der Waals surface area contributed by atoms with Gasteiger partial charge in [-0.3, -0.25) is 0 Å². The Morgan fingerprint density at radius 3 is 2.57 bits per heavy atom. The fourth-order valence-corrected chi connectivity index (χ4v) is 5.39. The molecular formula is C17H24O4. The van der Waals surface area contributed by atoms with Crippen LogP contribution in [0, 0.1) is 23.7 Å². The summed E-state index contributed by atoms with van der Waals surface area (Å²) in [7, 11) is 0. The third-order valence-corrected chi connectivity index (χ3v) is 5.94. The largest absolute Gasteiger partial charge is 0.390 e. The van der Waals surface area contributed by atoms with Crippen LogP contribution < -0.4 is 0 Å². The summed E-state index contributed by atoms with van der Waals surface area (Å²) < 4.78 is 12.2. The molecule has 2 saturated carbocycles. The van der Waals surface area contributed by atoms with Crippen molar-refractivity contribution < 1.29 is 19.7 Å². The van der Waals surface area contributed by atoms with Gasteiger partial charge in [-0.15, -0.1) is 6.58 Å². The average molecular weight is 292 g/mol. The lowest BCUT2D eigenvalue weighted by molar-refractivity contribution is -0.206. The van der Waals surface area contributed by atoms with Crippen molar-refractivity contribution in [3.05, 3.63) is 24.8 Å². The fourth-order valence-electron chi connectivity index (χ4n) is 5.39. The molecule has 8 atom stereocenters.